The van der Waals surface area contributed by atoms with E-state index >= 15 is 0 Å². The van der Waals surface area contributed by atoms with E-state index in [4.69, 9.17) is 0 Å². The van der Waals surface area contributed by atoms with Crippen LogP contribution in [0.15, 0.2) is 18.3 Å². The maximum atomic E-state index is 4.67. The smallest absolute Gasteiger partial charge is 0.133 e. The van der Waals surface area contributed by atoms with Gasteiger partial charge in [-0.3, -0.25) is 0 Å². The van der Waals surface area contributed by atoms with Crippen molar-refractivity contribution in [3.05, 3.63) is 23.9 Å². The number of aromatic nitrogens is 1. The summed E-state index contributed by atoms with van der Waals surface area (Å²) in [5, 5.41) is 3.50. The average Bonchev–Trinajstić information content (AvgIpc) is 3.01. The monoisotopic (exact) mass is 245 g/mol. The Morgan fingerprint density at radius 1 is 1.50 bits per heavy atom. The van der Waals surface area contributed by atoms with Crippen LogP contribution in [0.4, 0.5) is 5.82 Å². The van der Waals surface area contributed by atoms with Gasteiger partial charge in [0.25, 0.3) is 0 Å². The first-order chi connectivity index (χ1) is 8.79. The Labute approximate surface area is 110 Å². The van der Waals surface area contributed by atoms with Crippen LogP contribution in [0.25, 0.3) is 0 Å². The predicted molar refractivity (Wildman–Crippen MR) is 74.8 cm³/mol. The lowest BCUT2D eigenvalue weighted by Gasteiger charge is -2.31. The highest BCUT2D eigenvalue weighted by atomic mass is 15.2. The van der Waals surface area contributed by atoms with Crippen molar-refractivity contribution in [3.63, 3.8) is 0 Å². The number of hydrogen-bond donors (Lipinski definition) is 1. The van der Waals surface area contributed by atoms with E-state index in [1.165, 1.54) is 37.2 Å². The Kier molecular flexibility index (Phi) is 3.25. The summed E-state index contributed by atoms with van der Waals surface area (Å²) in [7, 11) is 0. The van der Waals surface area contributed by atoms with Crippen LogP contribution in [0.2, 0.25) is 0 Å². The number of pyridine rings is 1. The van der Waals surface area contributed by atoms with Gasteiger partial charge in [0.05, 0.1) is 0 Å². The van der Waals surface area contributed by atoms with Crippen molar-refractivity contribution in [1.29, 1.82) is 0 Å². The summed E-state index contributed by atoms with van der Waals surface area (Å²) >= 11 is 0. The Morgan fingerprint density at radius 3 is 3.06 bits per heavy atom. The van der Waals surface area contributed by atoms with Gasteiger partial charge in [0.2, 0.25) is 0 Å². The molecule has 18 heavy (non-hydrogen) atoms. The summed E-state index contributed by atoms with van der Waals surface area (Å²) in [6.07, 6.45) is 6.09. The topological polar surface area (TPSA) is 28.2 Å². The Morgan fingerprint density at radius 2 is 2.39 bits per heavy atom. The first kappa shape index (κ1) is 12.0. The quantitative estimate of drug-likeness (QED) is 0.884. The third-order valence-corrected chi connectivity index (χ3v) is 4.47. The summed E-state index contributed by atoms with van der Waals surface area (Å²) in [4.78, 5) is 7.22. The van der Waals surface area contributed by atoms with E-state index in [0.29, 0.717) is 6.04 Å². The Balaban J connectivity index is 1.87. The molecule has 1 aromatic heterocycles. The lowest BCUT2D eigenvalue weighted by molar-refractivity contribution is 0.541. The van der Waals surface area contributed by atoms with Gasteiger partial charge in [-0.2, -0.15) is 0 Å². The van der Waals surface area contributed by atoms with Gasteiger partial charge in [-0.05, 0) is 44.7 Å². The van der Waals surface area contributed by atoms with E-state index in [0.717, 1.165) is 18.5 Å². The molecule has 1 aromatic rings. The summed E-state index contributed by atoms with van der Waals surface area (Å²) in [6, 6.07) is 5.41. The second-order valence-corrected chi connectivity index (χ2v) is 5.68. The molecular weight excluding hydrogens is 222 g/mol. The number of fused-ring (bicyclic) bond motifs is 2. The van der Waals surface area contributed by atoms with Crippen molar-refractivity contribution < 1.29 is 0 Å². The predicted octanol–water partition coefficient (Wildman–Crippen LogP) is 2.74. The molecule has 1 aliphatic heterocycles. The molecule has 1 saturated carbocycles. The fourth-order valence-corrected chi connectivity index (χ4v) is 3.59. The number of rotatable bonds is 4. The Hall–Kier alpha value is -1.09. The van der Waals surface area contributed by atoms with Crippen LogP contribution in [-0.4, -0.2) is 24.1 Å². The molecule has 1 N–H and O–H groups in total. The van der Waals surface area contributed by atoms with Crippen LogP contribution < -0.4 is 10.2 Å². The molecule has 3 heteroatoms. The van der Waals surface area contributed by atoms with E-state index in [9.17, 15) is 0 Å². The minimum Gasteiger partial charge on any atom is -0.353 e. The molecule has 2 fully saturated rings. The van der Waals surface area contributed by atoms with Crippen LogP contribution in [0.5, 0.6) is 0 Å². The normalized spacial score (nSPS) is 27.8. The van der Waals surface area contributed by atoms with Gasteiger partial charge in [-0.1, -0.05) is 13.0 Å². The maximum absolute atomic E-state index is 4.67. The first-order valence-electron chi connectivity index (χ1n) is 7.24. The second-order valence-electron chi connectivity index (χ2n) is 5.68. The molecule has 2 heterocycles. The van der Waals surface area contributed by atoms with Crippen LogP contribution in [0.1, 0.15) is 44.7 Å². The van der Waals surface area contributed by atoms with Crippen LogP contribution in [0, 0.1) is 5.92 Å². The van der Waals surface area contributed by atoms with Crippen molar-refractivity contribution in [1.82, 2.24) is 10.3 Å². The fourth-order valence-electron chi connectivity index (χ4n) is 3.59. The third-order valence-electron chi connectivity index (χ3n) is 4.47. The van der Waals surface area contributed by atoms with Gasteiger partial charge >= 0.3 is 0 Å². The van der Waals surface area contributed by atoms with Crippen LogP contribution >= 0.6 is 0 Å². The summed E-state index contributed by atoms with van der Waals surface area (Å²) in [5.41, 5.74) is 1.35. The van der Waals surface area contributed by atoms with Gasteiger partial charge in [0.1, 0.15) is 5.82 Å². The lowest BCUT2D eigenvalue weighted by Crippen LogP contribution is -2.34. The molecule has 98 valence electrons. The number of hydrogen-bond acceptors (Lipinski definition) is 3. The van der Waals surface area contributed by atoms with E-state index in [-0.39, 0.29) is 0 Å². The Bertz CT molecular complexity index is 418. The molecule has 0 spiro atoms. The summed E-state index contributed by atoms with van der Waals surface area (Å²) in [5.74, 6) is 2.14. The zero-order valence-electron chi connectivity index (χ0n) is 11.4. The first-order valence-corrected chi connectivity index (χ1v) is 7.24. The highest BCUT2D eigenvalue weighted by Crippen LogP contribution is 2.41. The number of anilines is 1. The molecule has 3 unspecified atom stereocenters. The molecule has 0 aromatic carbocycles. The number of nitrogens with zero attached hydrogens (tertiary/aromatic N) is 2. The van der Waals surface area contributed by atoms with Crippen LogP contribution in [0.3, 0.4) is 0 Å². The van der Waals surface area contributed by atoms with Crippen molar-refractivity contribution in [2.24, 2.45) is 5.92 Å². The minimum absolute atomic E-state index is 0.387. The average molecular weight is 245 g/mol. The van der Waals surface area contributed by atoms with Gasteiger partial charge in [0, 0.05) is 30.4 Å². The molecule has 3 nitrogen and oxygen atoms in total. The van der Waals surface area contributed by atoms with Crippen molar-refractivity contribution in [2.45, 2.75) is 45.2 Å². The third kappa shape index (κ3) is 2.01. The summed E-state index contributed by atoms with van der Waals surface area (Å²) in [6.45, 7) is 6.61. The molecular formula is C15H23N3. The van der Waals surface area contributed by atoms with Gasteiger partial charge in [0.15, 0.2) is 0 Å². The zero-order chi connectivity index (χ0) is 12.5. The fraction of sp³-hybridized carbons (Fsp3) is 0.667. The van der Waals surface area contributed by atoms with Crippen molar-refractivity contribution in [2.75, 3.05) is 18.0 Å². The lowest BCUT2D eigenvalue weighted by atomic mass is 10.1. The molecule has 1 saturated heterocycles. The maximum Gasteiger partial charge on any atom is 0.133 e. The largest absolute Gasteiger partial charge is 0.353 e. The van der Waals surface area contributed by atoms with E-state index < -0.39 is 0 Å². The van der Waals surface area contributed by atoms with Gasteiger partial charge in [-0.25, -0.2) is 4.98 Å². The van der Waals surface area contributed by atoms with Crippen molar-refractivity contribution in [3.8, 4) is 0 Å². The van der Waals surface area contributed by atoms with E-state index in [1.54, 1.807) is 0 Å². The van der Waals surface area contributed by atoms with Gasteiger partial charge in [-0.15, -0.1) is 0 Å². The minimum atomic E-state index is 0.387. The zero-order valence-corrected chi connectivity index (χ0v) is 11.4. The van der Waals surface area contributed by atoms with E-state index in [2.05, 4.69) is 41.2 Å². The molecule has 0 radical (unpaired) electrons. The van der Waals surface area contributed by atoms with E-state index in [1.807, 2.05) is 6.20 Å². The molecule has 2 aliphatic rings. The molecule has 2 bridgehead atoms. The number of nitrogens with one attached hydrogen (secondary N) is 1. The highest BCUT2D eigenvalue weighted by Gasteiger charge is 2.39. The highest BCUT2D eigenvalue weighted by molar-refractivity contribution is 5.51. The molecule has 1 aliphatic carbocycles. The van der Waals surface area contributed by atoms with Crippen LogP contribution in [-0.2, 0) is 0 Å². The standard InChI is InChI=1S/C15H23N3/c1-3-16-11(2)14-5-4-8-17-15(14)18-10-12-6-7-13(18)9-12/h4-5,8,11-13,16H,3,6-7,9-10H2,1-2H3. The number of piperidine rings is 1. The molecule has 3 rings (SSSR count). The SMILES string of the molecule is CCNC(C)c1cccnc1N1CC2CCC1C2. The molecule has 0 amide bonds. The van der Waals surface area contributed by atoms with Gasteiger partial charge < -0.3 is 10.2 Å². The van der Waals surface area contributed by atoms with Crippen molar-refractivity contribution >= 4 is 5.82 Å². The second kappa shape index (κ2) is 4.88. The molecule has 3 atom stereocenters. The summed E-state index contributed by atoms with van der Waals surface area (Å²) < 4.78 is 0.